The van der Waals surface area contributed by atoms with E-state index < -0.39 is 5.41 Å². The summed E-state index contributed by atoms with van der Waals surface area (Å²) in [5, 5.41) is 5.47. The molecule has 1 atom stereocenters. The lowest BCUT2D eigenvalue weighted by molar-refractivity contribution is -0.127. The van der Waals surface area contributed by atoms with Crippen molar-refractivity contribution in [1.82, 2.24) is 10.6 Å². The Morgan fingerprint density at radius 2 is 1.19 bits per heavy atom. The van der Waals surface area contributed by atoms with Crippen LogP contribution in [-0.4, -0.2) is 72.5 Å². The van der Waals surface area contributed by atoms with Gasteiger partial charge in [-0.2, -0.15) is 0 Å². The summed E-state index contributed by atoms with van der Waals surface area (Å²) in [6.07, 6.45) is 2.65. The van der Waals surface area contributed by atoms with E-state index in [1.165, 1.54) is 21.7 Å². The van der Waals surface area contributed by atoms with Gasteiger partial charge in [0.05, 0.1) is 20.8 Å². The first-order valence-electron chi connectivity index (χ1n) is 17.4. The Bertz CT molecular complexity index is 1600. The molecule has 0 saturated heterocycles. The van der Waals surface area contributed by atoms with Crippen molar-refractivity contribution in [1.29, 1.82) is 0 Å². The molecule has 286 valence electrons. The van der Waals surface area contributed by atoms with Crippen molar-refractivity contribution in [2.24, 2.45) is 5.41 Å². The highest BCUT2D eigenvalue weighted by Crippen LogP contribution is 2.25. The first-order valence-corrected chi connectivity index (χ1v) is 17.4. The topological polar surface area (TPSA) is 117 Å². The number of nitrogens with one attached hydrogen (secondary N) is 2. The average molecular weight is 727 g/mol. The Morgan fingerprint density at radius 3 is 1.60 bits per heavy atom. The Morgan fingerprint density at radius 1 is 0.717 bits per heavy atom. The number of hydrogen-bond donors (Lipinski definition) is 2. The van der Waals surface area contributed by atoms with Gasteiger partial charge in [0, 0.05) is 51.4 Å². The fourth-order valence-electron chi connectivity index (χ4n) is 4.79. The Kier molecular flexibility index (Phi) is 21.7. The summed E-state index contributed by atoms with van der Waals surface area (Å²) in [6, 6.07) is 35.5. The highest BCUT2D eigenvalue weighted by atomic mass is 16.5. The molecule has 1 unspecified atom stereocenters. The summed E-state index contributed by atoms with van der Waals surface area (Å²) in [5.74, 6) is 1.41. The molecule has 3 amide bonds. The van der Waals surface area contributed by atoms with Gasteiger partial charge in [0.15, 0.2) is 0 Å². The van der Waals surface area contributed by atoms with Crippen LogP contribution in [0, 0.1) is 12.3 Å². The zero-order chi connectivity index (χ0) is 39.6. The largest absolute Gasteiger partial charge is 0.497 e. The van der Waals surface area contributed by atoms with Crippen molar-refractivity contribution in [3.8, 4) is 11.5 Å². The number of anilines is 2. The molecule has 0 radical (unpaired) electrons. The second kappa shape index (κ2) is 25.3. The van der Waals surface area contributed by atoms with E-state index in [1.54, 1.807) is 21.3 Å². The molecule has 0 fully saturated rings. The number of rotatable bonds is 14. The number of ether oxygens (including phenoxy) is 2. The van der Waals surface area contributed by atoms with Crippen molar-refractivity contribution < 1.29 is 28.7 Å². The number of aryl methyl sites for hydroxylation is 1. The maximum atomic E-state index is 12.2. The summed E-state index contributed by atoms with van der Waals surface area (Å²) >= 11 is 0. The minimum absolute atomic E-state index is 0.00915. The predicted octanol–water partition coefficient (Wildman–Crippen LogP) is 6.90. The van der Waals surface area contributed by atoms with Crippen molar-refractivity contribution in [2.45, 2.75) is 53.0 Å². The maximum Gasteiger partial charge on any atom is 0.220 e. The molecule has 10 heteroatoms. The third-order valence-corrected chi connectivity index (χ3v) is 7.62. The zero-order valence-corrected chi connectivity index (χ0v) is 32.8. The van der Waals surface area contributed by atoms with Crippen LogP contribution in [0.15, 0.2) is 109 Å². The van der Waals surface area contributed by atoms with Crippen LogP contribution in [0.2, 0.25) is 0 Å². The minimum Gasteiger partial charge on any atom is -0.497 e. The van der Waals surface area contributed by atoms with Crippen molar-refractivity contribution in [3.05, 3.63) is 120 Å². The number of benzene rings is 4. The summed E-state index contributed by atoms with van der Waals surface area (Å²) in [7, 11) is 9.02. The van der Waals surface area contributed by atoms with E-state index in [-0.39, 0.29) is 37.2 Å². The standard InChI is InChI=1S/C18H26N2O3.C9H11NO2.C9H13NO.C7H8/c1-14(11-15-7-5-4-6-8-15)20-17(23)13-18(2,3)12-16(22)19-9-10-21;1-10(7-11)8-3-5-9(12-2)6-4-8;1-10(2)8-4-6-9(11-3)7-5-8;1-7-5-3-2-4-6-7/h4-8,10,14H,9,11-13H2,1-3H3,(H,19,22)(H,20,23);3-7H,1-2H3;4-7H,1-3H3;2-6H,1H3. The molecule has 10 nitrogen and oxygen atoms in total. The summed E-state index contributed by atoms with van der Waals surface area (Å²) in [6.45, 7) is 7.80. The Hall–Kier alpha value is -5.64. The van der Waals surface area contributed by atoms with Crippen LogP contribution in [0.1, 0.15) is 44.7 Å². The minimum atomic E-state index is -0.455. The third-order valence-electron chi connectivity index (χ3n) is 7.62. The highest BCUT2D eigenvalue weighted by Gasteiger charge is 2.25. The highest BCUT2D eigenvalue weighted by molar-refractivity contribution is 5.81. The molecule has 2 N–H and O–H groups in total. The second-order valence-corrected chi connectivity index (χ2v) is 13.3. The van der Waals surface area contributed by atoms with Crippen LogP contribution in [0.4, 0.5) is 11.4 Å². The molecule has 0 aliphatic carbocycles. The average Bonchev–Trinajstić information content (AvgIpc) is 3.14. The van der Waals surface area contributed by atoms with Crippen LogP contribution in [0.3, 0.4) is 0 Å². The van der Waals surface area contributed by atoms with Gasteiger partial charge in [-0.25, -0.2) is 0 Å². The molecular weight excluding hydrogens is 668 g/mol. The predicted molar refractivity (Wildman–Crippen MR) is 216 cm³/mol. The van der Waals surface area contributed by atoms with E-state index in [2.05, 4.69) is 34.6 Å². The van der Waals surface area contributed by atoms with E-state index in [0.29, 0.717) is 6.29 Å². The molecule has 53 heavy (non-hydrogen) atoms. The lowest BCUT2D eigenvalue weighted by Gasteiger charge is -2.24. The molecule has 0 aliphatic rings. The van der Waals surface area contributed by atoms with Gasteiger partial charge < -0.3 is 34.7 Å². The number of aldehydes is 1. The molecule has 0 aliphatic heterocycles. The SMILES string of the molecule is CC(Cc1ccccc1)NC(=O)CC(C)(C)CC(=O)NCC=O.COc1ccc(N(C)C)cc1.COc1ccc(N(C)C=O)cc1.Cc1ccccc1. The maximum absolute atomic E-state index is 12.2. The lowest BCUT2D eigenvalue weighted by Crippen LogP contribution is -2.38. The molecule has 4 rings (SSSR count). The van der Waals surface area contributed by atoms with E-state index in [1.807, 2.05) is 132 Å². The Balaban J connectivity index is 0.000000390. The molecule has 0 saturated carbocycles. The summed E-state index contributed by atoms with van der Waals surface area (Å²) in [4.78, 5) is 48.0. The quantitative estimate of drug-likeness (QED) is 0.136. The Labute approximate surface area is 316 Å². The molecule has 0 heterocycles. The molecular formula is C43H58N4O6. The first kappa shape index (κ1) is 45.4. The normalized spacial score (nSPS) is 10.5. The van der Waals surface area contributed by atoms with Crippen LogP contribution in [0.5, 0.6) is 11.5 Å². The number of methoxy groups -OCH3 is 2. The second-order valence-electron chi connectivity index (χ2n) is 13.3. The van der Waals surface area contributed by atoms with Crippen LogP contribution >= 0.6 is 0 Å². The van der Waals surface area contributed by atoms with Crippen molar-refractivity contribution >= 4 is 35.9 Å². The van der Waals surface area contributed by atoms with Crippen LogP contribution in [-0.2, 0) is 25.6 Å². The van der Waals surface area contributed by atoms with E-state index in [0.717, 1.165) is 30.0 Å². The lowest BCUT2D eigenvalue weighted by atomic mass is 9.85. The first-order chi connectivity index (χ1) is 25.2. The van der Waals surface area contributed by atoms with Crippen molar-refractivity contribution in [3.63, 3.8) is 0 Å². The number of amides is 3. The van der Waals surface area contributed by atoms with Gasteiger partial charge in [-0.1, -0.05) is 80.1 Å². The van der Waals surface area contributed by atoms with Gasteiger partial charge in [-0.15, -0.1) is 0 Å². The van der Waals surface area contributed by atoms with Gasteiger partial charge in [-0.05, 0) is 79.8 Å². The summed E-state index contributed by atoms with van der Waals surface area (Å²) in [5.41, 5.74) is 4.08. The fraction of sp³-hybridized carbons (Fsp3) is 0.349. The zero-order valence-electron chi connectivity index (χ0n) is 32.8. The van der Waals surface area contributed by atoms with E-state index >= 15 is 0 Å². The van der Waals surface area contributed by atoms with Gasteiger partial charge in [0.2, 0.25) is 18.2 Å². The van der Waals surface area contributed by atoms with Gasteiger partial charge in [0.1, 0.15) is 17.8 Å². The number of nitrogens with zero attached hydrogens (tertiary/aromatic N) is 2. The van der Waals surface area contributed by atoms with Crippen LogP contribution in [0.25, 0.3) is 0 Å². The monoisotopic (exact) mass is 726 g/mol. The molecule has 0 spiro atoms. The molecule has 4 aromatic carbocycles. The van der Waals surface area contributed by atoms with Gasteiger partial charge in [-0.3, -0.25) is 14.4 Å². The number of carbonyl (C=O) groups is 4. The molecule has 0 bridgehead atoms. The molecule has 4 aromatic rings. The number of carbonyl (C=O) groups excluding carboxylic acids is 4. The van der Waals surface area contributed by atoms with Gasteiger partial charge in [0.25, 0.3) is 0 Å². The van der Waals surface area contributed by atoms with E-state index in [9.17, 15) is 19.2 Å². The third kappa shape index (κ3) is 20.7. The van der Waals surface area contributed by atoms with E-state index in [4.69, 9.17) is 9.47 Å². The number of hydrogen-bond acceptors (Lipinski definition) is 7. The van der Waals surface area contributed by atoms with Crippen molar-refractivity contribution in [2.75, 3.05) is 51.7 Å². The fourth-order valence-corrected chi connectivity index (χ4v) is 4.79. The molecule has 0 aromatic heterocycles. The smallest absolute Gasteiger partial charge is 0.220 e. The summed E-state index contributed by atoms with van der Waals surface area (Å²) < 4.78 is 10.0. The van der Waals surface area contributed by atoms with Crippen LogP contribution < -0.4 is 29.9 Å². The van der Waals surface area contributed by atoms with Gasteiger partial charge >= 0.3 is 0 Å².